The highest BCUT2D eigenvalue weighted by atomic mass is 32.2. The molecule has 0 spiro atoms. The summed E-state index contributed by atoms with van der Waals surface area (Å²) in [6, 6.07) is 2.25. The van der Waals surface area contributed by atoms with Crippen LogP contribution in [0.3, 0.4) is 0 Å². The van der Waals surface area contributed by atoms with Crippen molar-refractivity contribution < 1.29 is 0 Å². The van der Waals surface area contributed by atoms with Crippen molar-refractivity contribution in [3.63, 3.8) is 0 Å². The zero-order valence-corrected chi connectivity index (χ0v) is 8.51. The zero-order chi connectivity index (χ0) is 8.72. The minimum Gasteiger partial charge on any atom is -0.375 e. The molecule has 1 nitrogen and oxygen atoms in total. The third-order valence-corrected chi connectivity index (χ3v) is 3.68. The molecule has 0 radical (unpaired) electrons. The topological polar surface area (TPSA) is 12.0 Å². The Bertz CT molecular complexity index is 331. The Morgan fingerprint density at radius 3 is 2.75 bits per heavy atom. The van der Waals surface area contributed by atoms with Gasteiger partial charge in [0.05, 0.1) is 5.88 Å². The van der Waals surface area contributed by atoms with E-state index in [1.165, 1.54) is 27.3 Å². The summed E-state index contributed by atoms with van der Waals surface area (Å²) in [5.41, 5.74) is 5.59. The van der Waals surface area contributed by atoms with Gasteiger partial charge >= 0.3 is 0 Å². The van der Waals surface area contributed by atoms with Gasteiger partial charge in [-0.2, -0.15) is 0 Å². The molecule has 2 heteroatoms. The fourth-order valence-corrected chi connectivity index (χ4v) is 2.59. The van der Waals surface area contributed by atoms with Crippen LogP contribution >= 0.6 is 11.8 Å². The summed E-state index contributed by atoms with van der Waals surface area (Å²) in [5.74, 6) is 1.03. The largest absolute Gasteiger partial charge is 0.375 e. The van der Waals surface area contributed by atoms with Crippen molar-refractivity contribution in [3.8, 4) is 0 Å². The van der Waals surface area contributed by atoms with E-state index in [0.717, 1.165) is 5.88 Å². The number of rotatable bonds is 0. The summed E-state index contributed by atoms with van der Waals surface area (Å²) in [6.07, 6.45) is 0. The molecule has 1 heterocycles. The fraction of sp³-hybridized carbons (Fsp3) is 0.400. The molecule has 0 bridgehead atoms. The average Bonchev–Trinajstić information content (AvgIpc) is 2.48. The quantitative estimate of drug-likeness (QED) is 0.657. The number of anilines is 1. The van der Waals surface area contributed by atoms with E-state index in [2.05, 4.69) is 32.2 Å². The monoisotopic (exact) mass is 179 g/mol. The van der Waals surface area contributed by atoms with Crippen LogP contribution in [0.5, 0.6) is 0 Å². The number of aryl methyl sites for hydroxylation is 1. The summed E-state index contributed by atoms with van der Waals surface area (Å²) < 4.78 is 0. The van der Waals surface area contributed by atoms with E-state index in [0.29, 0.717) is 0 Å². The van der Waals surface area contributed by atoms with Crippen LogP contribution < -0.4 is 5.32 Å². The minimum atomic E-state index is 1.03. The molecule has 64 valence electrons. The van der Waals surface area contributed by atoms with Gasteiger partial charge in [0.15, 0.2) is 0 Å². The van der Waals surface area contributed by atoms with Crippen LogP contribution in [-0.4, -0.2) is 5.88 Å². The maximum Gasteiger partial charge on any atom is 0.0658 e. The van der Waals surface area contributed by atoms with Crippen molar-refractivity contribution >= 4 is 17.4 Å². The highest BCUT2D eigenvalue weighted by Gasteiger charge is 2.15. The van der Waals surface area contributed by atoms with Gasteiger partial charge in [0.1, 0.15) is 0 Å². The molecule has 1 aromatic rings. The summed E-state index contributed by atoms with van der Waals surface area (Å²) >= 11 is 1.91. The van der Waals surface area contributed by atoms with E-state index < -0.39 is 0 Å². The Hall–Kier alpha value is -0.630. The normalized spacial score (nSPS) is 14.2. The molecular formula is C10H13NS. The van der Waals surface area contributed by atoms with E-state index in [1.807, 2.05) is 11.8 Å². The van der Waals surface area contributed by atoms with Crippen LogP contribution in [0.1, 0.15) is 16.7 Å². The first-order valence-corrected chi connectivity index (χ1v) is 5.16. The van der Waals surface area contributed by atoms with E-state index >= 15 is 0 Å². The Kier molecular flexibility index (Phi) is 1.80. The van der Waals surface area contributed by atoms with E-state index in [-0.39, 0.29) is 0 Å². The van der Waals surface area contributed by atoms with Crippen molar-refractivity contribution in [3.05, 3.63) is 22.8 Å². The Morgan fingerprint density at radius 1 is 1.25 bits per heavy atom. The van der Waals surface area contributed by atoms with Gasteiger partial charge < -0.3 is 5.32 Å². The molecule has 0 unspecified atom stereocenters. The molecule has 0 aromatic heterocycles. The van der Waals surface area contributed by atoms with Gasteiger partial charge in [0, 0.05) is 10.6 Å². The van der Waals surface area contributed by atoms with Gasteiger partial charge in [-0.1, -0.05) is 0 Å². The number of thioether (sulfide) groups is 1. The third-order valence-electron chi connectivity index (χ3n) is 2.58. The SMILES string of the molecule is Cc1cc2c(c(C)c1C)SCN2. The summed E-state index contributed by atoms with van der Waals surface area (Å²) in [5, 5.41) is 3.37. The molecule has 0 saturated carbocycles. The third kappa shape index (κ3) is 1.02. The number of benzene rings is 1. The Balaban J connectivity index is 2.67. The van der Waals surface area contributed by atoms with Gasteiger partial charge in [-0.25, -0.2) is 0 Å². The van der Waals surface area contributed by atoms with E-state index in [1.54, 1.807) is 0 Å². The first kappa shape index (κ1) is 7.99. The van der Waals surface area contributed by atoms with Gasteiger partial charge in [0.2, 0.25) is 0 Å². The predicted octanol–water partition coefficient (Wildman–Crippen LogP) is 3.09. The van der Waals surface area contributed by atoms with Gasteiger partial charge in [0.25, 0.3) is 0 Å². The number of hydrogen-bond donors (Lipinski definition) is 1. The first-order chi connectivity index (χ1) is 5.70. The summed E-state index contributed by atoms with van der Waals surface area (Å²) in [6.45, 7) is 6.58. The second-order valence-electron chi connectivity index (χ2n) is 3.29. The molecule has 0 saturated heterocycles. The number of fused-ring (bicyclic) bond motifs is 1. The Labute approximate surface area is 77.6 Å². The highest BCUT2D eigenvalue weighted by Crippen LogP contribution is 2.38. The second-order valence-corrected chi connectivity index (χ2v) is 4.27. The van der Waals surface area contributed by atoms with Crippen LogP contribution in [0.15, 0.2) is 11.0 Å². The lowest BCUT2D eigenvalue weighted by molar-refractivity contribution is 1.19. The van der Waals surface area contributed by atoms with E-state index in [4.69, 9.17) is 0 Å². The summed E-state index contributed by atoms with van der Waals surface area (Å²) in [7, 11) is 0. The molecule has 2 rings (SSSR count). The lowest BCUT2D eigenvalue weighted by atomic mass is 10.0. The van der Waals surface area contributed by atoms with Gasteiger partial charge in [-0.05, 0) is 43.5 Å². The molecule has 12 heavy (non-hydrogen) atoms. The van der Waals surface area contributed by atoms with Crippen LogP contribution in [0.2, 0.25) is 0 Å². The van der Waals surface area contributed by atoms with Crippen LogP contribution in [0.4, 0.5) is 5.69 Å². The number of nitrogens with one attached hydrogen (secondary N) is 1. The molecule has 1 N–H and O–H groups in total. The van der Waals surface area contributed by atoms with E-state index in [9.17, 15) is 0 Å². The van der Waals surface area contributed by atoms with Crippen molar-refractivity contribution in [2.75, 3.05) is 11.2 Å². The van der Waals surface area contributed by atoms with Crippen LogP contribution in [0.25, 0.3) is 0 Å². The minimum absolute atomic E-state index is 1.03. The lowest BCUT2D eigenvalue weighted by Gasteiger charge is -2.09. The number of hydrogen-bond acceptors (Lipinski definition) is 2. The van der Waals surface area contributed by atoms with Crippen molar-refractivity contribution in [2.24, 2.45) is 0 Å². The molecule has 0 amide bonds. The van der Waals surface area contributed by atoms with Gasteiger partial charge in [-0.3, -0.25) is 0 Å². The maximum atomic E-state index is 3.37. The lowest BCUT2D eigenvalue weighted by Crippen LogP contribution is -1.92. The second kappa shape index (κ2) is 2.70. The molecular weight excluding hydrogens is 166 g/mol. The maximum absolute atomic E-state index is 3.37. The van der Waals surface area contributed by atoms with Crippen LogP contribution in [0, 0.1) is 20.8 Å². The average molecular weight is 179 g/mol. The molecule has 0 aliphatic carbocycles. The van der Waals surface area contributed by atoms with Crippen LogP contribution in [-0.2, 0) is 0 Å². The molecule has 0 fully saturated rings. The molecule has 1 aromatic carbocycles. The summed E-state index contributed by atoms with van der Waals surface area (Å²) in [4.78, 5) is 1.44. The molecule has 1 aliphatic heterocycles. The highest BCUT2D eigenvalue weighted by molar-refractivity contribution is 8.00. The molecule has 1 aliphatic rings. The van der Waals surface area contributed by atoms with Crippen molar-refractivity contribution in [1.82, 2.24) is 0 Å². The predicted molar refractivity (Wildman–Crippen MR) is 55.0 cm³/mol. The van der Waals surface area contributed by atoms with Crippen molar-refractivity contribution in [1.29, 1.82) is 0 Å². The van der Waals surface area contributed by atoms with Crippen molar-refractivity contribution in [2.45, 2.75) is 25.7 Å². The fourth-order valence-electron chi connectivity index (χ4n) is 1.56. The first-order valence-electron chi connectivity index (χ1n) is 4.17. The zero-order valence-electron chi connectivity index (χ0n) is 7.69. The smallest absolute Gasteiger partial charge is 0.0658 e. The van der Waals surface area contributed by atoms with Gasteiger partial charge in [-0.15, -0.1) is 11.8 Å². The molecule has 0 atom stereocenters. The standard InChI is InChI=1S/C10H13NS/c1-6-4-9-10(12-5-11-9)8(3)7(6)2/h4,11H,5H2,1-3H3. The Morgan fingerprint density at radius 2 is 2.00 bits per heavy atom.